The second kappa shape index (κ2) is 6.88. The Kier molecular flexibility index (Phi) is 4.69. The minimum atomic E-state index is 0.519. The first kappa shape index (κ1) is 14.3. The van der Waals surface area contributed by atoms with Gasteiger partial charge in [0.25, 0.3) is 0 Å². The maximum atomic E-state index is 5.36. The van der Waals surface area contributed by atoms with Crippen LogP contribution in [0, 0.1) is 0 Å². The van der Waals surface area contributed by atoms with Crippen molar-refractivity contribution in [1.82, 2.24) is 5.32 Å². The highest BCUT2D eigenvalue weighted by Crippen LogP contribution is 2.32. The third-order valence-corrected chi connectivity index (χ3v) is 4.40. The molecule has 1 N–H and O–H groups in total. The zero-order chi connectivity index (χ0) is 14.5. The normalized spacial score (nSPS) is 21.6. The maximum absolute atomic E-state index is 5.36. The topological polar surface area (TPSA) is 21.3 Å². The molecule has 21 heavy (non-hydrogen) atoms. The van der Waals surface area contributed by atoms with E-state index in [1.54, 1.807) is 7.11 Å². The Balaban J connectivity index is 1.81. The molecule has 1 aliphatic rings. The summed E-state index contributed by atoms with van der Waals surface area (Å²) in [7, 11) is 1.77. The molecular weight excluding hydrogens is 258 g/mol. The third kappa shape index (κ3) is 3.34. The molecule has 2 atom stereocenters. The van der Waals surface area contributed by atoms with Crippen LogP contribution in [0.25, 0.3) is 0 Å². The monoisotopic (exact) mass is 281 g/mol. The fourth-order valence-corrected chi connectivity index (χ4v) is 3.41. The summed E-state index contributed by atoms with van der Waals surface area (Å²) >= 11 is 0. The lowest BCUT2D eigenvalue weighted by molar-refractivity contribution is 0.183. The molecule has 2 nitrogen and oxygen atoms in total. The Bertz CT molecular complexity index is 567. The summed E-state index contributed by atoms with van der Waals surface area (Å²) < 4.78 is 5.36. The van der Waals surface area contributed by atoms with E-state index in [1.807, 2.05) is 0 Å². The molecule has 3 rings (SSSR count). The summed E-state index contributed by atoms with van der Waals surface area (Å²) in [5, 5.41) is 3.68. The SMILES string of the molecule is COCc1ccccc1C1CCNC1Cc1ccccc1. The lowest BCUT2D eigenvalue weighted by Crippen LogP contribution is -2.28. The fraction of sp³-hybridized carbons (Fsp3) is 0.368. The van der Waals surface area contributed by atoms with Crippen LogP contribution in [-0.4, -0.2) is 19.7 Å². The van der Waals surface area contributed by atoms with Crippen LogP contribution < -0.4 is 5.32 Å². The quantitative estimate of drug-likeness (QED) is 0.905. The predicted octanol–water partition coefficient (Wildman–Crippen LogP) is 3.52. The van der Waals surface area contributed by atoms with Crippen LogP contribution in [0.1, 0.15) is 29.0 Å². The predicted molar refractivity (Wildman–Crippen MR) is 86.4 cm³/mol. The van der Waals surface area contributed by atoms with Crippen LogP contribution in [0.15, 0.2) is 54.6 Å². The lowest BCUT2D eigenvalue weighted by atomic mass is 9.86. The van der Waals surface area contributed by atoms with Crippen LogP contribution >= 0.6 is 0 Å². The van der Waals surface area contributed by atoms with Crippen LogP contribution in [0.3, 0.4) is 0 Å². The molecule has 0 amide bonds. The summed E-state index contributed by atoms with van der Waals surface area (Å²) in [6.45, 7) is 1.80. The Morgan fingerprint density at radius 1 is 1.05 bits per heavy atom. The summed E-state index contributed by atoms with van der Waals surface area (Å²) in [4.78, 5) is 0. The van der Waals surface area contributed by atoms with Gasteiger partial charge < -0.3 is 10.1 Å². The van der Waals surface area contributed by atoms with Crippen LogP contribution in [0.4, 0.5) is 0 Å². The second-order valence-corrected chi connectivity index (χ2v) is 5.78. The van der Waals surface area contributed by atoms with Crippen molar-refractivity contribution in [2.24, 2.45) is 0 Å². The van der Waals surface area contributed by atoms with Gasteiger partial charge in [0.05, 0.1) is 6.61 Å². The number of nitrogens with one attached hydrogen (secondary N) is 1. The number of rotatable bonds is 5. The van der Waals surface area contributed by atoms with Crippen LogP contribution in [0.5, 0.6) is 0 Å². The van der Waals surface area contributed by atoms with Gasteiger partial charge in [0.15, 0.2) is 0 Å². The molecule has 0 bridgehead atoms. The average molecular weight is 281 g/mol. The molecular formula is C19H23NO. The molecule has 0 aromatic heterocycles. The van der Waals surface area contributed by atoms with Gasteiger partial charge in [-0.1, -0.05) is 54.6 Å². The fourth-order valence-electron chi connectivity index (χ4n) is 3.41. The molecule has 0 saturated carbocycles. The molecule has 2 unspecified atom stereocenters. The van der Waals surface area contributed by atoms with Crippen molar-refractivity contribution in [1.29, 1.82) is 0 Å². The van der Waals surface area contributed by atoms with Crippen molar-refractivity contribution in [3.05, 3.63) is 71.3 Å². The summed E-state index contributed by atoms with van der Waals surface area (Å²) in [5.41, 5.74) is 4.18. The van der Waals surface area contributed by atoms with E-state index in [4.69, 9.17) is 4.74 Å². The number of ether oxygens (including phenoxy) is 1. The Morgan fingerprint density at radius 3 is 2.62 bits per heavy atom. The van der Waals surface area contributed by atoms with Crippen molar-refractivity contribution >= 4 is 0 Å². The van der Waals surface area contributed by atoms with Crippen LogP contribution in [-0.2, 0) is 17.8 Å². The summed E-state index contributed by atoms with van der Waals surface area (Å²) in [5.74, 6) is 0.580. The zero-order valence-corrected chi connectivity index (χ0v) is 12.6. The minimum Gasteiger partial charge on any atom is -0.380 e. The molecule has 2 heteroatoms. The highest BCUT2D eigenvalue weighted by atomic mass is 16.5. The molecule has 2 aromatic rings. The molecule has 110 valence electrons. The van der Waals surface area contributed by atoms with E-state index in [1.165, 1.54) is 23.1 Å². The summed E-state index contributed by atoms with van der Waals surface area (Å²) in [6, 6.07) is 20.0. The first-order valence-electron chi connectivity index (χ1n) is 7.72. The Hall–Kier alpha value is -1.64. The first-order valence-corrected chi connectivity index (χ1v) is 7.72. The molecule has 1 saturated heterocycles. The molecule has 0 radical (unpaired) electrons. The van der Waals surface area contributed by atoms with E-state index in [9.17, 15) is 0 Å². The van der Waals surface area contributed by atoms with Crippen molar-refractivity contribution in [2.45, 2.75) is 31.4 Å². The van der Waals surface area contributed by atoms with Gasteiger partial charge >= 0.3 is 0 Å². The summed E-state index contributed by atoms with van der Waals surface area (Å²) in [6.07, 6.45) is 2.30. The molecule has 0 spiro atoms. The zero-order valence-electron chi connectivity index (χ0n) is 12.6. The van der Waals surface area contributed by atoms with E-state index in [0.29, 0.717) is 18.6 Å². The molecule has 1 aliphatic heterocycles. The van der Waals surface area contributed by atoms with Gasteiger partial charge in [0, 0.05) is 19.1 Å². The average Bonchev–Trinajstić information content (AvgIpc) is 2.97. The number of methoxy groups -OCH3 is 1. The second-order valence-electron chi connectivity index (χ2n) is 5.78. The van der Waals surface area contributed by atoms with Gasteiger partial charge in [-0.25, -0.2) is 0 Å². The van der Waals surface area contributed by atoms with Crippen molar-refractivity contribution in [3.8, 4) is 0 Å². The molecule has 2 aromatic carbocycles. The van der Waals surface area contributed by atoms with Gasteiger partial charge in [0.1, 0.15) is 0 Å². The molecule has 1 fully saturated rings. The van der Waals surface area contributed by atoms with Gasteiger partial charge in [-0.3, -0.25) is 0 Å². The molecule has 1 heterocycles. The van der Waals surface area contributed by atoms with E-state index in [2.05, 4.69) is 59.9 Å². The van der Waals surface area contributed by atoms with Crippen molar-refractivity contribution in [2.75, 3.05) is 13.7 Å². The van der Waals surface area contributed by atoms with Crippen molar-refractivity contribution in [3.63, 3.8) is 0 Å². The van der Waals surface area contributed by atoms with E-state index in [0.717, 1.165) is 13.0 Å². The minimum absolute atomic E-state index is 0.519. The highest BCUT2D eigenvalue weighted by molar-refractivity contribution is 5.33. The number of hydrogen-bond acceptors (Lipinski definition) is 2. The third-order valence-electron chi connectivity index (χ3n) is 4.40. The van der Waals surface area contributed by atoms with E-state index in [-0.39, 0.29) is 0 Å². The lowest BCUT2D eigenvalue weighted by Gasteiger charge is -2.22. The Labute approximate surface area is 127 Å². The van der Waals surface area contributed by atoms with Gasteiger partial charge in [-0.05, 0) is 36.1 Å². The number of hydrogen-bond donors (Lipinski definition) is 1. The number of benzene rings is 2. The molecule has 0 aliphatic carbocycles. The smallest absolute Gasteiger partial charge is 0.0715 e. The standard InChI is InChI=1S/C19H23NO/c1-21-14-16-9-5-6-10-17(16)18-11-12-20-19(18)13-15-7-3-2-4-8-15/h2-10,18-20H,11-14H2,1H3. The van der Waals surface area contributed by atoms with Crippen LogP contribution in [0.2, 0.25) is 0 Å². The largest absolute Gasteiger partial charge is 0.380 e. The maximum Gasteiger partial charge on any atom is 0.0715 e. The van der Waals surface area contributed by atoms with Gasteiger partial charge in [0.2, 0.25) is 0 Å². The first-order chi connectivity index (χ1) is 10.4. The van der Waals surface area contributed by atoms with Crippen molar-refractivity contribution < 1.29 is 4.74 Å². The Morgan fingerprint density at radius 2 is 1.81 bits per heavy atom. The van der Waals surface area contributed by atoms with Gasteiger partial charge in [-0.15, -0.1) is 0 Å². The van der Waals surface area contributed by atoms with E-state index >= 15 is 0 Å². The van der Waals surface area contributed by atoms with E-state index < -0.39 is 0 Å². The highest BCUT2D eigenvalue weighted by Gasteiger charge is 2.29. The van der Waals surface area contributed by atoms with Gasteiger partial charge in [-0.2, -0.15) is 0 Å².